The Hall–Kier alpha value is -1.89. The van der Waals surface area contributed by atoms with Gasteiger partial charge in [-0.1, -0.05) is 0 Å². The molecule has 0 radical (unpaired) electrons. The van der Waals surface area contributed by atoms with Crippen LogP contribution in [0.1, 0.15) is 6.42 Å². The Labute approximate surface area is 98.3 Å². The van der Waals surface area contributed by atoms with Crippen LogP contribution in [0.5, 0.6) is 5.88 Å². The minimum atomic E-state index is -0.439. The van der Waals surface area contributed by atoms with Crippen molar-refractivity contribution in [3.8, 4) is 5.88 Å². The third kappa shape index (κ3) is 2.28. The summed E-state index contributed by atoms with van der Waals surface area (Å²) in [4.78, 5) is 16.4. The van der Waals surface area contributed by atoms with E-state index in [0.29, 0.717) is 24.8 Å². The predicted molar refractivity (Wildman–Crippen MR) is 62.2 cm³/mol. The number of methoxy groups -OCH3 is 1. The average molecular weight is 238 g/mol. The number of ether oxygens (including phenoxy) is 1. The number of hydrogen-bond donors (Lipinski definition) is 1. The van der Waals surface area contributed by atoms with Crippen LogP contribution in [0.3, 0.4) is 0 Å². The van der Waals surface area contributed by atoms with Crippen LogP contribution in [0.25, 0.3) is 0 Å². The largest absolute Gasteiger partial charge is 0.481 e. The van der Waals surface area contributed by atoms with Crippen molar-refractivity contribution in [1.29, 1.82) is 0 Å². The Morgan fingerprint density at radius 2 is 2.41 bits per heavy atom. The van der Waals surface area contributed by atoms with Crippen molar-refractivity contribution in [2.45, 2.75) is 12.5 Å². The quantitative estimate of drug-likeness (QED) is 0.610. The molecule has 92 valence electrons. The molecule has 1 unspecified atom stereocenters. The minimum absolute atomic E-state index is 0.0140. The summed E-state index contributed by atoms with van der Waals surface area (Å²) in [6.07, 6.45) is 0.816. The van der Waals surface area contributed by atoms with E-state index >= 15 is 0 Å². The number of hydrogen-bond acceptors (Lipinski definition) is 6. The number of nitro groups is 1. The van der Waals surface area contributed by atoms with E-state index in [4.69, 9.17) is 10.5 Å². The number of aromatic nitrogens is 1. The van der Waals surface area contributed by atoms with Crippen LogP contribution in [0.15, 0.2) is 12.1 Å². The normalized spacial score (nSPS) is 19.4. The summed E-state index contributed by atoms with van der Waals surface area (Å²) in [6.45, 7) is 1.27. The van der Waals surface area contributed by atoms with Gasteiger partial charge in [0, 0.05) is 31.3 Å². The zero-order valence-corrected chi connectivity index (χ0v) is 9.50. The summed E-state index contributed by atoms with van der Waals surface area (Å²) in [6, 6.07) is 2.94. The number of nitrogens with zero attached hydrogens (tertiary/aromatic N) is 3. The van der Waals surface area contributed by atoms with E-state index in [1.807, 2.05) is 4.90 Å². The SMILES string of the molecule is COc1ccc([N+](=O)[O-])c(N2CCC(N)C2)n1. The first kappa shape index (κ1) is 11.6. The molecule has 1 atom stereocenters. The first-order valence-corrected chi connectivity index (χ1v) is 5.31. The van der Waals surface area contributed by atoms with Gasteiger partial charge < -0.3 is 15.4 Å². The first-order valence-electron chi connectivity index (χ1n) is 5.31. The van der Waals surface area contributed by atoms with E-state index in [0.717, 1.165) is 6.42 Å². The van der Waals surface area contributed by atoms with Crippen LogP contribution >= 0.6 is 0 Å². The lowest BCUT2D eigenvalue weighted by Crippen LogP contribution is -2.27. The maximum atomic E-state index is 10.9. The number of rotatable bonds is 3. The monoisotopic (exact) mass is 238 g/mol. The summed E-state index contributed by atoms with van der Waals surface area (Å²) < 4.78 is 4.98. The Morgan fingerprint density at radius 3 is 2.94 bits per heavy atom. The zero-order valence-electron chi connectivity index (χ0n) is 9.50. The predicted octanol–water partition coefficient (Wildman–Crippen LogP) is 0.536. The lowest BCUT2D eigenvalue weighted by atomic mass is 10.3. The smallest absolute Gasteiger partial charge is 0.311 e. The highest BCUT2D eigenvalue weighted by Gasteiger charge is 2.27. The molecule has 0 aliphatic carbocycles. The molecule has 0 amide bonds. The minimum Gasteiger partial charge on any atom is -0.481 e. The summed E-state index contributed by atoms with van der Waals surface area (Å²) in [5, 5.41) is 10.9. The van der Waals surface area contributed by atoms with Crippen LogP contribution in [0.2, 0.25) is 0 Å². The molecular formula is C10H14N4O3. The van der Waals surface area contributed by atoms with Crippen molar-refractivity contribution in [2.75, 3.05) is 25.1 Å². The van der Waals surface area contributed by atoms with Gasteiger partial charge in [-0.25, -0.2) is 0 Å². The molecule has 1 aliphatic heterocycles. The number of nitrogens with two attached hydrogens (primary N) is 1. The van der Waals surface area contributed by atoms with E-state index in [1.54, 1.807) is 0 Å². The molecule has 2 rings (SSSR count). The highest BCUT2D eigenvalue weighted by Crippen LogP contribution is 2.30. The van der Waals surface area contributed by atoms with Gasteiger partial charge in [-0.3, -0.25) is 10.1 Å². The molecule has 1 aliphatic rings. The van der Waals surface area contributed by atoms with Gasteiger partial charge in [0.2, 0.25) is 11.7 Å². The summed E-state index contributed by atoms with van der Waals surface area (Å²) in [5.74, 6) is 0.702. The first-order chi connectivity index (χ1) is 8.11. The van der Waals surface area contributed by atoms with Crippen molar-refractivity contribution >= 4 is 11.5 Å². The van der Waals surface area contributed by atoms with Crippen LogP contribution < -0.4 is 15.4 Å². The van der Waals surface area contributed by atoms with Gasteiger partial charge in [-0.2, -0.15) is 4.98 Å². The Kier molecular flexibility index (Phi) is 3.10. The highest BCUT2D eigenvalue weighted by molar-refractivity contribution is 5.59. The van der Waals surface area contributed by atoms with Gasteiger partial charge in [0.15, 0.2) is 0 Å². The Balaban J connectivity index is 2.38. The van der Waals surface area contributed by atoms with E-state index in [2.05, 4.69) is 4.98 Å². The second kappa shape index (κ2) is 4.54. The molecule has 0 saturated carbocycles. The molecule has 1 aromatic rings. The zero-order chi connectivity index (χ0) is 12.4. The van der Waals surface area contributed by atoms with E-state index in [9.17, 15) is 10.1 Å². The van der Waals surface area contributed by atoms with Gasteiger partial charge in [0.1, 0.15) is 0 Å². The molecule has 1 aromatic heterocycles. The van der Waals surface area contributed by atoms with E-state index in [1.165, 1.54) is 19.2 Å². The molecule has 2 N–H and O–H groups in total. The fourth-order valence-electron chi connectivity index (χ4n) is 1.89. The molecule has 0 bridgehead atoms. The molecule has 17 heavy (non-hydrogen) atoms. The van der Waals surface area contributed by atoms with Gasteiger partial charge in [-0.05, 0) is 6.42 Å². The van der Waals surface area contributed by atoms with Crippen LogP contribution in [-0.4, -0.2) is 36.1 Å². The number of pyridine rings is 1. The second-order valence-corrected chi connectivity index (χ2v) is 3.95. The number of anilines is 1. The van der Waals surface area contributed by atoms with Crippen LogP contribution in [0.4, 0.5) is 11.5 Å². The fourth-order valence-corrected chi connectivity index (χ4v) is 1.89. The van der Waals surface area contributed by atoms with Crippen molar-refractivity contribution in [3.63, 3.8) is 0 Å². The third-order valence-electron chi connectivity index (χ3n) is 2.76. The summed E-state index contributed by atoms with van der Waals surface area (Å²) in [5.41, 5.74) is 5.77. The van der Waals surface area contributed by atoms with E-state index in [-0.39, 0.29) is 11.7 Å². The van der Waals surface area contributed by atoms with E-state index < -0.39 is 4.92 Å². The van der Waals surface area contributed by atoms with Crippen molar-refractivity contribution in [2.24, 2.45) is 5.73 Å². The lowest BCUT2D eigenvalue weighted by Gasteiger charge is -2.16. The Morgan fingerprint density at radius 1 is 1.65 bits per heavy atom. The Bertz CT molecular complexity index is 438. The van der Waals surface area contributed by atoms with Crippen molar-refractivity contribution in [1.82, 2.24) is 4.98 Å². The molecular weight excluding hydrogens is 224 g/mol. The molecule has 7 heteroatoms. The standard InChI is InChI=1S/C10H14N4O3/c1-17-9-3-2-8(14(15)16)10(12-9)13-5-4-7(11)6-13/h2-3,7H,4-6,11H2,1H3. The van der Waals surface area contributed by atoms with Gasteiger partial charge in [0.05, 0.1) is 12.0 Å². The average Bonchev–Trinajstić information content (AvgIpc) is 2.75. The van der Waals surface area contributed by atoms with Gasteiger partial charge >= 0.3 is 5.69 Å². The summed E-state index contributed by atoms with van der Waals surface area (Å²) >= 11 is 0. The molecule has 0 spiro atoms. The van der Waals surface area contributed by atoms with Crippen molar-refractivity contribution < 1.29 is 9.66 Å². The van der Waals surface area contributed by atoms with Crippen LogP contribution in [0, 0.1) is 10.1 Å². The van der Waals surface area contributed by atoms with Gasteiger partial charge in [-0.15, -0.1) is 0 Å². The van der Waals surface area contributed by atoms with Crippen molar-refractivity contribution in [3.05, 3.63) is 22.2 Å². The van der Waals surface area contributed by atoms with Gasteiger partial charge in [0.25, 0.3) is 0 Å². The molecule has 1 saturated heterocycles. The maximum Gasteiger partial charge on any atom is 0.311 e. The topological polar surface area (TPSA) is 94.5 Å². The summed E-state index contributed by atoms with van der Waals surface area (Å²) in [7, 11) is 1.48. The molecule has 2 heterocycles. The third-order valence-corrected chi connectivity index (χ3v) is 2.76. The highest BCUT2D eigenvalue weighted by atomic mass is 16.6. The van der Waals surface area contributed by atoms with Crippen LogP contribution in [-0.2, 0) is 0 Å². The molecule has 1 fully saturated rings. The molecule has 0 aromatic carbocycles. The second-order valence-electron chi connectivity index (χ2n) is 3.95. The lowest BCUT2D eigenvalue weighted by molar-refractivity contribution is -0.384. The fraction of sp³-hybridized carbons (Fsp3) is 0.500. The molecule has 7 nitrogen and oxygen atoms in total. The maximum absolute atomic E-state index is 10.9.